The Morgan fingerprint density at radius 2 is 1.58 bits per heavy atom. The quantitative estimate of drug-likeness (QED) is 0.636. The summed E-state index contributed by atoms with van der Waals surface area (Å²) in [4.78, 5) is 23.0. The lowest BCUT2D eigenvalue weighted by atomic mass is 10.0. The van der Waals surface area contributed by atoms with Crippen LogP contribution in [0.3, 0.4) is 0 Å². The summed E-state index contributed by atoms with van der Waals surface area (Å²) < 4.78 is 5.92. The standard InChI is InChI=1S/C21H24O3/c1-15-7-13-20(14-8-15)24-17(3)18-9-11-19(12-10-18)21(23)6-4-5-16(2)22/h7-14,17H,4-6H2,1-3H3. The van der Waals surface area contributed by atoms with Crippen LogP contribution in [0.2, 0.25) is 0 Å². The number of hydrogen-bond donors (Lipinski definition) is 0. The van der Waals surface area contributed by atoms with Crippen LogP contribution in [0.4, 0.5) is 0 Å². The number of hydrogen-bond acceptors (Lipinski definition) is 3. The van der Waals surface area contributed by atoms with E-state index in [1.54, 1.807) is 6.92 Å². The van der Waals surface area contributed by atoms with Gasteiger partial charge in [0.2, 0.25) is 0 Å². The largest absolute Gasteiger partial charge is 0.486 e. The van der Waals surface area contributed by atoms with Gasteiger partial charge >= 0.3 is 0 Å². The van der Waals surface area contributed by atoms with Gasteiger partial charge in [0.05, 0.1) is 0 Å². The van der Waals surface area contributed by atoms with Crippen molar-refractivity contribution in [3.8, 4) is 5.75 Å². The van der Waals surface area contributed by atoms with E-state index in [4.69, 9.17) is 4.74 Å². The molecule has 0 spiro atoms. The third-order valence-corrected chi connectivity index (χ3v) is 3.97. The second kappa shape index (κ2) is 8.44. The highest BCUT2D eigenvalue weighted by molar-refractivity contribution is 5.96. The summed E-state index contributed by atoms with van der Waals surface area (Å²) in [6, 6.07) is 15.5. The van der Waals surface area contributed by atoms with Crippen molar-refractivity contribution in [2.45, 2.75) is 46.1 Å². The van der Waals surface area contributed by atoms with E-state index in [0.717, 1.165) is 11.3 Å². The first-order valence-corrected chi connectivity index (χ1v) is 8.31. The van der Waals surface area contributed by atoms with Crippen LogP contribution < -0.4 is 4.74 Å². The van der Waals surface area contributed by atoms with E-state index in [9.17, 15) is 9.59 Å². The molecule has 2 rings (SSSR count). The molecule has 0 amide bonds. The van der Waals surface area contributed by atoms with Crippen LogP contribution in [0.5, 0.6) is 5.75 Å². The average molecular weight is 324 g/mol. The Morgan fingerprint density at radius 1 is 0.958 bits per heavy atom. The topological polar surface area (TPSA) is 43.4 Å². The van der Waals surface area contributed by atoms with Crippen molar-refractivity contribution in [3.05, 3.63) is 65.2 Å². The van der Waals surface area contributed by atoms with Crippen LogP contribution >= 0.6 is 0 Å². The normalized spacial score (nSPS) is 11.8. The zero-order chi connectivity index (χ0) is 17.5. The number of benzene rings is 2. The van der Waals surface area contributed by atoms with Gasteiger partial charge in [-0.25, -0.2) is 0 Å². The molecule has 0 radical (unpaired) electrons. The van der Waals surface area contributed by atoms with Crippen LogP contribution in [-0.2, 0) is 4.79 Å². The molecule has 0 aromatic heterocycles. The van der Waals surface area contributed by atoms with E-state index in [2.05, 4.69) is 0 Å². The second-order valence-electron chi connectivity index (χ2n) is 6.17. The Balaban J connectivity index is 1.94. The lowest BCUT2D eigenvalue weighted by Gasteiger charge is -2.15. The van der Waals surface area contributed by atoms with Gasteiger partial charge in [-0.2, -0.15) is 0 Å². The van der Waals surface area contributed by atoms with E-state index >= 15 is 0 Å². The molecule has 0 saturated heterocycles. The molecular formula is C21H24O3. The van der Waals surface area contributed by atoms with Crippen molar-refractivity contribution in [1.82, 2.24) is 0 Å². The molecule has 0 aliphatic heterocycles. The molecular weight excluding hydrogens is 300 g/mol. The zero-order valence-corrected chi connectivity index (χ0v) is 14.5. The summed E-state index contributed by atoms with van der Waals surface area (Å²) in [6.45, 7) is 5.58. The van der Waals surface area contributed by atoms with E-state index < -0.39 is 0 Å². The molecule has 2 aromatic rings. The maximum atomic E-state index is 12.1. The number of rotatable bonds is 8. The molecule has 3 nitrogen and oxygen atoms in total. The van der Waals surface area contributed by atoms with Gasteiger partial charge in [0.15, 0.2) is 5.78 Å². The molecule has 0 bridgehead atoms. The average Bonchev–Trinajstić information content (AvgIpc) is 2.56. The molecule has 0 heterocycles. The Hall–Kier alpha value is -2.42. The molecule has 0 saturated carbocycles. The van der Waals surface area contributed by atoms with Crippen molar-refractivity contribution in [2.24, 2.45) is 0 Å². The van der Waals surface area contributed by atoms with Crippen LogP contribution in [0.1, 0.15) is 60.7 Å². The molecule has 2 aromatic carbocycles. The van der Waals surface area contributed by atoms with Crippen molar-refractivity contribution in [3.63, 3.8) is 0 Å². The number of aryl methyl sites for hydroxylation is 1. The van der Waals surface area contributed by atoms with E-state index in [1.165, 1.54) is 5.56 Å². The maximum absolute atomic E-state index is 12.1. The smallest absolute Gasteiger partial charge is 0.162 e. The lowest BCUT2D eigenvalue weighted by Crippen LogP contribution is -2.05. The number of carbonyl (C=O) groups excluding carboxylic acids is 2. The molecule has 126 valence electrons. The van der Waals surface area contributed by atoms with Crippen molar-refractivity contribution in [2.75, 3.05) is 0 Å². The van der Waals surface area contributed by atoms with Crippen LogP contribution in [0.15, 0.2) is 48.5 Å². The summed E-state index contributed by atoms with van der Waals surface area (Å²) in [6.07, 6.45) is 1.40. The third-order valence-electron chi connectivity index (χ3n) is 3.97. The molecule has 3 heteroatoms. The van der Waals surface area contributed by atoms with Crippen LogP contribution in [0, 0.1) is 6.92 Å². The predicted molar refractivity (Wildman–Crippen MR) is 95.5 cm³/mol. The second-order valence-corrected chi connectivity index (χ2v) is 6.17. The van der Waals surface area contributed by atoms with Gasteiger partial charge in [0, 0.05) is 18.4 Å². The van der Waals surface area contributed by atoms with Gasteiger partial charge in [-0.3, -0.25) is 4.79 Å². The van der Waals surface area contributed by atoms with Gasteiger partial charge < -0.3 is 9.53 Å². The number of carbonyl (C=O) groups is 2. The first-order valence-electron chi connectivity index (χ1n) is 8.31. The summed E-state index contributed by atoms with van der Waals surface area (Å²) in [5.41, 5.74) is 2.91. The molecule has 0 aliphatic carbocycles. The third kappa shape index (κ3) is 5.34. The van der Waals surface area contributed by atoms with Crippen molar-refractivity contribution < 1.29 is 14.3 Å². The summed E-state index contributed by atoms with van der Waals surface area (Å²) >= 11 is 0. The molecule has 24 heavy (non-hydrogen) atoms. The Morgan fingerprint density at radius 3 is 2.17 bits per heavy atom. The molecule has 0 fully saturated rings. The predicted octanol–water partition coefficient (Wildman–Crippen LogP) is 5.08. The Bertz CT molecular complexity index is 684. The van der Waals surface area contributed by atoms with E-state index in [-0.39, 0.29) is 17.7 Å². The van der Waals surface area contributed by atoms with Gasteiger partial charge in [-0.05, 0) is 44.9 Å². The number of ketones is 2. The zero-order valence-electron chi connectivity index (χ0n) is 14.5. The molecule has 1 atom stereocenters. The monoisotopic (exact) mass is 324 g/mol. The highest BCUT2D eigenvalue weighted by Crippen LogP contribution is 2.22. The first-order chi connectivity index (χ1) is 11.5. The fourth-order valence-corrected chi connectivity index (χ4v) is 2.47. The number of ether oxygens (including phenoxy) is 1. The summed E-state index contributed by atoms with van der Waals surface area (Å²) in [5, 5.41) is 0. The van der Waals surface area contributed by atoms with E-state index in [1.807, 2.05) is 62.4 Å². The SMILES string of the molecule is CC(=O)CCCC(=O)c1ccc(C(C)Oc2ccc(C)cc2)cc1. The van der Waals surface area contributed by atoms with Crippen LogP contribution in [0.25, 0.3) is 0 Å². The summed E-state index contributed by atoms with van der Waals surface area (Å²) in [7, 11) is 0. The fraction of sp³-hybridized carbons (Fsp3) is 0.333. The minimum Gasteiger partial charge on any atom is -0.486 e. The fourth-order valence-electron chi connectivity index (χ4n) is 2.47. The van der Waals surface area contributed by atoms with Gasteiger partial charge in [-0.1, -0.05) is 42.0 Å². The van der Waals surface area contributed by atoms with Crippen molar-refractivity contribution in [1.29, 1.82) is 0 Å². The first kappa shape index (κ1) is 17.9. The van der Waals surface area contributed by atoms with Crippen LogP contribution in [-0.4, -0.2) is 11.6 Å². The minimum atomic E-state index is -0.0884. The Kier molecular flexibility index (Phi) is 6.30. The lowest BCUT2D eigenvalue weighted by molar-refractivity contribution is -0.117. The minimum absolute atomic E-state index is 0.0786. The highest BCUT2D eigenvalue weighted by atomic mass is 16.5. The van der Waals surface area contributed by atoms with Crippen molar-refractivity contribution >= 4 is 11.6 Å². The molecule has 0 aliphatic rings. The van der Waals surface area contributed by atoms with Gasteiger partial charge in [0.25, 0.3) is 0 Å². The highest BCUT2D eigenvalue weighted by Gasteiger charge is 2.10. The molecule has 0 N–H and O–H groups in total. The van der Waals surface area contributed by atoms with Gasteiger partial charge in [0.1, 0.15) is 17.6 Å². The summed E-state index contributed by atoms with van der Waals surface area (Å²) in [5.74, 6) is 1.03. The maximum Gasteiger partial charge on any atom is 0.162 e. The molecule has 1 unspecified atom stereocenters. The number of Topliss-reactive ketones (excluding diaryl/α,β-unsaturated/α-hetero) is 2. The van der Waals surface area contributed by atoms with Gasteiger partial charge in [-0.15, -0.1) is 0 Å². The Labute approximate surface area is 143 Å². The van der Waals surface area contributed by atoms with E-state index in [0.29, 0.717) is 24.8 Å².